The monoisotopic (exact) mass is 217 g/mol. The Morgan fingerprint density at radius 2 is 2.12 bits per heavy atom. The van der Waals surface area contributed by atoms with Crippen LogP contribution in [-0.2, 0) is 6.54 Å². The summed E-state index contributed by atoms with van der Waals surface area (Å²) in [4.78, 5) is 12.5. The summed E-state index contributed by atoms with van der Waals surface area (Å²) in [7, 11) is 0. The predicted molar refractivity (Wildman–Crippen MR) is 62.7 cm³/mol. The average molecular weight is 217 g/mol. The molecule has 0 radical (unpaired) electrons. The van der Waals surface area contributed by atoms with E-state index in [0.717, 1.165) is 30.0 Å². The fraction of sp³-hybridized carbons (Fsp3) is 0.364. The number of nitrogens with zero attached hydrogens (tertiary/aromatic N) is 4. The molecule has 2 rings (SSSR count). The molecule has 0 aliphatic heterocycles. The van der Waals surface area contributed by atoms with Crippen molar-refractivity contribution < 1.29 is 0 Å². The molecular formula is C11H15N5. The van der Waals surface area contributed by atoms with Crippen LogP contribution in [0.2, 0.25) is 0 Å². The molecule has 0 aliphatic rings. The molecule has 0 bridgehead atoms. The van der Waals surface area contributed by atoms with E-state index in [9.17, 15) is 0 Å². The van der Waals surface area contributed by atoms with Gasteiger partial charge in [0.15, 0.2) is 5.82 Å². The Bertz CT molecular complexity index is 489. The van der Waals surface area contributed by atoms with Gasteiger partial charge in [0.1, 0.15) is 17.8 Å². The molecule has 2 aromatic rings. The zero-order valence-corrected chi connectivity index (χ0v) is 9.51. The topological polar surface area (TPSA) is 69.6 Å². The van der Waals surface area contributed by atoms with E-state index in [4.69, 9.17) is 5.73 Å². The van der Waals surface area contributed by atoms with Crippen molar-refractivity contribution in [2.75, 3.05) is 5.73 Å². The predicted octanol–water partition coefficient (Wildman–Crippen LogP) is 1.64. The van der Waals surface area contributed by atoms with Crippen LogP contribution in [0.5, 0.6) is 0 Å². The lowest BCUT2D eigenvalue weighted by molar-refractivity contribution is 0.683. The highest BCUT2D eigenvalue weighted by Crippen LogP contribution is 2.21. The standard InChI is InChI=1S/C11H15N5/c1-3-5-16-6-4-13-11(16)9-8(2)10(12)15-7-14-9/h4,6-7H,3,5H2,1-2H3,(H2,12,14,15). The van der Waals surface area contributed by atoms with Gasteiger partial charge in [0.05, 0.1) is 0 Å². The molecule has 0 saturated carbocycles. The molecule has 0 saturated heterocycles. The van der Waals surface area contributed by atoms with Crippen molar-refractivity contribution in [2.45, 2.75) is 26.8 Å². The maximum atomic E-state index is 5.76. The van der Waals surface area contributed by atoms with E-state index < -0.39 is 0 Å². The Balaban J connectivity index is 2.50. The first-order chi connectivity index (χ1) is 7.74. The SMILES string of the molecule is CCCn1ccnc1-c1ncnc(N)c1C. The molecule has 0 unspecified atom stereocenters. The van der Waals surface area contributed by atoms with Gasteiger partial charge in [-0.1, -0.05) is 6.92 Å². The smallest absolute Gasteiger partial charge is 0.159 e. The fourth-order valence-corrected chi connectivity index (χ4v) is 1.64. The van der Waals surface area contributed by atoms with Gasteiger partial charge in [0.2, 0.25) is 0 Å². The first-order valence-electron chi connectivity index (χ1n) is 5.32. The first-order valence-corrected chi connectivity index (χ1v) is 5.32. The van der Waals surface area contributed by atoms with Gasteiger partial charge >= 0.3 is 0 Å². The number of hydrogen-bond donors (Lipinski definition) is 1. The molecule has 2 N–H and O–H groups in total. The van der Waals surface area contributed by atoms with Crippen molar-refractivity contribution in [2.24, 2.45) is 0 Å². The summed E-state index contributed by atoms with van der Waals surface area (Å²) < 4.78 is 2.08. The highest BCUT2D eigenvalue weighted by molar-refractivity contribution is 5.60. The molecule has 84 valence electrons. The summed E-state index contributed by atoms with van der Waals surface area (Å²) >= 11 is 0. The van der Waals surface area contributed by atoms with Gasteiger partial charge in [-0.2, -0.15) is 0 Å². The minimum Gasteiger partial charge on any atom is -0.383 e. The van der Waals surface area contributed by atoms with Crippen molar-refractivity contribution >= 4 is 5.82 Å². The second-order valence-electron chi connectivity index (χ2n) is 3.68. The van der Waals surface area contributed by atoms with E-state index >= 15 is 0 Å². The molecule has 5 heteroatoms. The Morgan fingerprint density at radius 1 is 1.31 bits per heavy atom. The average Bonchev–Trinajstić information content (AvgIpc) is 2.71. The maximum Gasteiger partial charge on any atom is 0.159 e. The van der Waals surface area contributed by atoms with Crippen LogP contribution in [0.4, 0.5) is 5.82 Å². The normalized spacial score (nSPS) is 10.6. The van der Waals surface area contributed by atoms with Crippen LogP contribution < -0.4 is 5.73 Å². The third-order valence-corrected chi connectivity index (χ3v) is 2.51. The minimum absolute atomic E-state index is 0.510. The van der Waals surface area contributed by atoms with Gasteiger partial charge in [-0.15, -0.1) is 0 Å². The Labute approximate surface area is 94.4 Å². The third kappa shape index (κ3) is 1.76. The molecule has 0 amide bonds. The Kier molecular flexibility index (Phi) is 2.85. The molecule has 0 fully saturated rings. The van der Waals surface area contributed by atoms with Crippen LogP contribution in [0.1, 0.15) is 18.9 Å². The number of nitrogens with two attached hydrogens (primary N) is 1. The molecule has 0 aliphatic carbocycles. The zero-order chi connectivity index (χ0) is 11.5. The summed E-state index contributed by atoms with van der Waals surface area (Å²) in [5.41, 5.74) is 7.45. The second kappa shape index (κ2) is 4.30. The van der Waals surface area contributed by atoms with E-state index in [1.807, 2.05) is 13.1 Å². The molecule has 16 heavy (non-hydrogen) atoms. The summed E-state index contributed by atoms with van der Waals surface area (Å²) in [6.45, 7) is 4.97. The lowest BCUT2D eigenvalue weighted by atomic mass is 10.2. The summed E-state index contributed by atoms with van der Waals surface area (Å²) in [5.74, 6) is 1.37. The molecule has 5 nitrogen and oxygen atoms in total. The molecular weight excluding hydrogens is 202 g/mol. The van der Waals surface area contributed by atoms with Gasteiger partial charge in [-0.05, 0) is 13.3 Å². The number of hydrogen-bond acceptors (Lipinski definition) is 4. The molecule has 2 heterocycles. The number of imidazole rings is 1. The Hall–Kier alpha value is -1.91. The quantitative estimate of drug-likeness (QED) is 0.848. The highest BCUT2D eigenvalue weighted by atomic mass is 15.1. The minimum atomic E-state index is 0.510. The van der Waals surface area contributed by atoms with Crippen LogP contribution in [-0.4, -0.2) is 19.5 Å². The van der Waals surface area contributed by atoms with Crippen LogP contribution in [0.25, 0.3) is 11.5 Å². The summed E-state index contributed by atoms with van der Waals surface area (Å²) in [5, 5.41) is 0. The highest BCUT2D eigenvalue weighted by Gasteiger charge is 2.11. The molecule has 0 spiro atoms. The van der Waals surface area contributed by atoms with E-state index in [1.54, 1.807) is 6.20 Å². The van der Waals surface area contributed by atoms with Crippen molar-refractivity contribution in [3.8, 4) is 11.5 Å². The number of aromatic nitrogens is 4. The van der Waals surface area contributed by atoms with Gasteiger partial charge in [-0.25, -0.2) is 15.0 Å². The van der Waals surface area contributed by atoms with E-state index in [-0.39, 0.29) is 0 Å². The number of nitrogen functional groups attached to an aromatic ring is 1. The fourth-order valence-electron chi connectivity index (χ4n) is 1.64. The second-order valence-corrected chi connectivity index (χ2v) is 3.68. The largest absolute Gasteiger partial charge is 0.383 e. The first kappa shape index (κ1) is 10.6. The van der Waals surface area contributed by atoms with E-state index in [0.29, 0.717) is 5.82 Å². The van der Waals surface area contributed by atoms with Gasteiger partial charge in [0, 0.05) is 24.5 Å². The number of rotatable bonds is 3. The lowest BCUT2D eigenvalue weighted by Gasteiger charge is -2.08. The number of anilines is 1. The zero-order valence-electron chi connectivity index (χ0n) is 9.51. The van der Waals surface area contributed by atoms with E-state index in [2.05, 4.69) is 26.4 Å². The van der Waals surface area contributed by atoms with Crippen molar-refractivity contribution in [3.05, 3.63) is 24.3 Å². The third-order valence-electron chi connectivity index (χ3n) is 2.51. The van der Waals surface area contributed by atoms with Crippen molar-refractivity contribution in [3.63, 3.8) is 0 Å². The van der Waals surface area contributed by atoms with E-state index in [1.165, 1.54) is 6.33 Å². The van der Waals surface area contributed by atoms with Gasteiger partial charge < -0.3 is 10.3 Å². The van der Waals surface area contributed by atoms with Gasteiger partial charge in [0.25, 0.3) is 0 Å². The molecule has 0 aromatic carbocycles. The molecule has 2 aromatic heterocycles. The molecule has 0 atom stereocenters. The lowest BCUT2D eigenvalue weighted by Crippen LogP contribution is -2.04. The van der Waals surface area contributed by atoms with Crippen LogP contribution in [0.3, 0.4) is 0 Å². The van der Waals surface area contributed by atoms with Crippen molar-refractivity contribution in [1.82, 2.24) is 19.5 Å². The summed E-state index contributed by atoms with van der Waals surface area (Å²) in [6, 6.07) is 0. The summed E-state index contributed by atoms with van der Waals surface area (Å²) in [6.07, 6.45) is 6.27. The van der Waals surface area contributed by atoms with Crippen LogP contribution >= 0.6 is 0 Å². The maximum absolute atomic E-state index is 5.76. The van der Waals surface area contributed by atoms with Crippen LogP contribution in [0, 0.1) is 6.92 Å². The number of aryl methyl sites for hydroxylation is 1. The Morgan fingerprint density at radius 3 is 2.88 bits per heavy atom. The van der Waals surface area contributed by atoms with Crippen LogP contribution in [0.15, 0.2) is 18.7 Å². The van der Waals surface area contributed by atoms with Crippen molar-refractivity contribution in [1.29, 1.82) is 0 Å². The van der Waals surface area contributed by atoms with Gasteiger partial charge in [-0.3, -0.25) is 0 Å².